The number of aliphatic hydroxyl groups excluding tert-OH is 1. The summed E-state index contributed by atoms with van der Waals surface area (Å²) in [5.41, 5.74) is 0.169. The van der Waals surface area contributed by atoms with Crippen LogP contribution >= 0.6 is 0 Å². The van der Waals surface area contributed by atoms with Crippen molar-refractivity contribution in [3.8, 4) is 0 Å². The molecular formula is C12H17F3N4O2. The van der Waals surface area contributed by atoms with Crippen LogP contribution < -0.4 is 10.6 Å². The maximum atomic E-state index is 12.2. The summed E-state index contributed by atoms with van der Waals surface area (Å²) in [5.74, 6) is 0. The van der Waals surface area contributed by atoms with E-state index in [2.05, 4.69) is 15.7 Å². The predicted molar refractivity (Wildman–Crippen MR) is 68.7 cm³/mol. The van der Waals surface area contributed by atoms with Gasteiger partial charge in [-0.15, -0.1) is 0 Å². The smallest absolute Gasteiger partial charge is 0.391 e. The van der Waals surface area contributed by atoms with Crippen LogP contribution in [0.2, 0.25) is 0 Å². The van der Waals surface area contributed by atoms with Crippen molar-refractivity contribution in [2.75, 3.05) is 5.32 Å². The lowest BCUT2D eigenvalue weighted by Gasteiger charge is -2.28. The van der Waals surface area contributed by atoms with Crippen LogP contribution in [-0.2, 0) is 6.54 Å². The third-order valence-electron chi connectivity index (χ3n) is 3.28. The van der Waals surface area contributed by atoms with E-state index in [0.29, 0.717) is 17.5 Å². The maximum absolute atomic E-state index is 12.2. The van der Waals surface area contributed by atoms with Gasteiger partial charge in [-0.25, -0.2) is 4.79 Å². The van der Waals surface area contributed by atoms with Gasteiger partial charge in [-0.2, -0.15) is 18.3 Å². The Bertz CT molecular complexity index is 489. The van der Waals surface area contributed by atoms with E-state index in [1.165, 1.54) is 0 Å². The number of alkyl halides is 3. The zero-order valence-corrected chi connectivity index (χ0v) is 11.2. The molecule has 1 aromatic rings. The van der Waals surface area contributed by atoms with Gasteiger partial charge in [-0.1, -0.05) is 12.8 Å². The first-order chi connectivity index (χ1) is 9.83. The highest BCUT2D eigenvalue weighted by atomic mass is 19.4. The van der Waals surface area contributed by atoms with E-state index < -0.39 is 24.9 Å². The van der Waals surface area contributed by atoms with Crippen LogP contribution in [-0.4, -0.2) is 39.2 Å². The van der Waals surface area contributed by atoms with Gasteiger partial charge in [0.1, 0.15) is 6.54 Å². The lowest BCUT2D eigenvalue weighted by Crippen LogP contribution is -2.46. The monoisotopic (exact) mass is 306 g/mol. The standard InChI is InChI=1S/C12H17F3N4O2/c13-12(14,15)7-19-6-8(5-16-19)17-11(21)18-9-3-1-2-4-10(9)20/h5-6,9-10,20H,1-4,7H2,(H2,17,18,21)/t9-,10-/m1/s1. The van der Waals surface area contributed by atoms with Crippen molar-refractivity contribution in [3.63, 3.8) is 0 Å². The van der Waals surface area contributed by atoms with E-state index in [1.54, 1.807) is 0 Å². The second-order valence-electron chi connectivity index (χ2n) is 5.10. The largest absolute Gasteiger partial charge is 0.408 e. The highest BCUT2D eigenvalue weighted by molar-refractivity contribution is 5.89. The quantitative estimate of drug-likeness (QED) is 0.797. The normalized spacial score (nSPS) is 22.9. The Kier molecular flexibility index (Phi) is 4.71. The minimum absolute atomic E-state index is 0.169. The summed E-state index contributed by atoms with van der Waals surface area (Å²) in [6.07, 6.45) is 0.454. The summed E-state index contributed by atoms with van der Waals surface area (Å²) in [4.78, 5) is 11.7. The summed E-state index contributed by atoms with van der Waals surface area (Å²) in [7, 11) is 0. The summed E-state index contributed by atoms with van der Waals surface area (Å²) in [6, 6.07) is -0.892. The molecule has 0 saturated heterocycles. The topological polar surface area (TPSA) is 79.2 Å². The Labute approximate surface area is 119 Å². The molecule has 1 aromatic heterocycles. The number of halogens is 3. The van der Waals surface area contributed by atoms with Crippen molar-refractivity contribution < 1.29 is 23.1 Å². The average molecular weight is 306 g/mol. The minimum atomic E-state index is -4.36. The SMILES string of the molecule is O=C(Nc1cnn(CC(F)(F)F)c1)N[C@@H]1CCCC[C@H]1O. The van der Waals surface area contributed by atoms with Gasteiger partial charge in [-0.3, -0.25) is 4.68 Å². The molecule has 1 saturated carbocycles. The molecule has 0 unspecified atom stereocenters. The van der Waals surface area contributed by atoms with Crippen molar-refractivity contribution in [3.05, 3.63) is 12.4 Å². The fourth-order valence-corrected chi connectivity index (χ4v) is 2.31. The lowest BCUT2D eigenvalue weighted by atomic mass is 9.93. The van der Waals surface area contributed by atoms with Crippen LogP contribution in [0.4, 0.5) is 23.7 Å². The average Bonchev–Trinajstić information content (AvgIpc) is 2.77. The Morgan fingerprint density at radius 2 is 2.14 bits per heavy atom. The number of anilines is 1. The van der Waals surface area contributed by atoms with E-state index in [1.807, 2.05) is 0 Å². The van der Waals surface area contributed by atoms with Gasteiger partial charge in [0, 0.05) is 6.20 Å². The fourth-order valence-electron chi connectivity index (χ4n) is 2.31. The molecule has 2 amide bonds. The van der Waals surface area contributed by atoms with Crippen molar-refractivity contribution in [1.29, 1.82) is 0 Å². The van der Waals surface area contributed by atoms with Crippen LogP contribution in [0.3, 0.4) is 0 Å². The summed E-state index contributed by atoms with van der Waals surface area (Å²) >= 11 is 0. The van der Waals surface area contributed by atoms with Gasteiger partial charge >= 0.3 is 12.2 Å². The summed E-state index contributed by atoms with van der Waals surface area (Å²) in [6.45, 7) is -1.21. The molecule has 9 heteroatoms. The maximum Gasteiger partial charge on any atom is 0.408 e. The number of hydrogen-bond acceptors (Lipinski definition) is 3. The molecule has 2 atom stereocenters. The highest BCUT2D eigenvalue weighted by Crippen LogP contribution is 2.19. The van der Waals surface area contributed by atoms with Gasteiger partial charge in [0.15, 0.2) is 0 Å². The number of amides is 2. The number of urea groups is 1. The zero-order chi connectivity index (χ0) is 15.5. The van der Waals surface area contributed by atoms with Gasteiger partial charge in [0.2, 0.25) is 0 Å². The number of aromatic nitrogens is 2. The lowest BCUT2D eigenvalue weighted by molar-refractivity contribution is -0.142. The molecule has 1 aliphatic carbocycles. The molecule has 1 aliphatic rings. The van der Waals surface area contributed by atoms with Crippen LogP contribution in [0.15, 0.2) is 12.4 Å². The molecule has 1 fully saturated rings. The predicted octanol–water partition coefficient (Wildman–Crippen LogP) is 1.87. The van der Waals surface area contributed by atoms with Crippen molar-refractivity contribution in [1.82, 2.24) is 15.1 Å². The number of nitrogens with one attached hydrogen (secondary N) is 2. The highest BCUT2D eigenvalue weighted by Gasteiger charge is 2.28. The molecule has 0 radical (unpaired) electrons. The molecule has 0 aromatic carbocycles. The van der Waals surface area contributed by atoms with Gasteiger partial charge in [0.05, 0.1) is 24.0 Å². The molecular weight excluding hydrogens is 289 g/mol. The van der Waals surface area contributed by atoms with E-state index in [-0.39, 0.29) is 11.7 Å². The van der Waals surface area contributed by atoms with E-state index in [9.17, 15) is 23.1 Å². The third-order valence-corrected chi connectivity index (χ3v) is 3.28. The van der Waals surface area contributed by atoms with Crippen LogP contribution in [0.1, 0.15) is 25.7 Å². The number of rotatable bonds is 3. The minimum Gasteiger partial charge on any atom is -0.391 e. The molecule has 1 heterocycles. The van der Waals surface area contributed by atoms with E-state index in [4.69, 9.17) is 0 Å². The number of carbonyl (C=O) groups is 1. The summed E-state index contributed by atoms with van der Waals surface area (Å²) < 4.78 is 37.2. The Hall–Kier alpha value is -1.77. The molecule has 118 valence electrons. The Morgan fingerprint density at radius 3 is 2.81 bits per heavy atom. The number of nitrogens with zero attached hydrogens (tertiary/aromatic N) is 2. The third kappa shape index (κ3) is 4.92. The molecule has 0 aliphatic heterocycles. The van der Waals surface area contributed by atoms with Gasteiger partial charge < -0.3 is 15.7 Å². The molecule has 6 nitrogen and oxygen atoms in total. The molecule has 0 spiro atoms. The Balaban J connectivity index is 1.85. The molecule has 2 rings (SSSR count). The summed E-state index contributed by atoms with van der Waals surface area (Å²) in [5, 5.41) is 18.3. The first-order valence-electron chi connectivity index (χ1n) is 6.68. The molecule has 3 N–H and O–H groups in total. The van der Waals surface area contributed by atoms with Gasteiger partial charge in [-0.05, 0) is 12.8 Å². The van der Waals surface area contributed by atoms with E-state index in [0.717, 1.165) is 25.2 Å². The first kappa shape index (κ1) is 15.6. The second kappa shape index (κ2) is 6.33. The van der Waals surface area contributed by atoms with E-state index >= 15 is 0 Å². The molecule has 21 heavy (non-hydrogen) atoms. The van der Waals surface area contributed by atoms with Crippen LogP contribution in [0.25, 0.3) is 0 Å². The second-order valence-corrected chi connectivity index (χ2v) is 5.10. The molecule has 0 bridgehead atoms. The number of aliphatic hydroxyl groups is 1. The number of hydrogen-bond donors (Lipinski definition) is 3. The Morgan fingerprint density at radius 1 is 1.43 bits per heavy atom. The van der Waals surface area contributed by atoms with Crippen molar-refractivity contribution in [2.45, 2.75) is 50.6 Å². The van der Waals surface area contributed by atoms with Crippen molar-refractivity contribution >= 4 is 11.7 Å². The first-order valence-corrected chi connectivity index (χ1v) is 6.68. The zero-order valence-electron chi connectivity index (χ0n) is 11.2. The number of carbonyl (C=O) groups excluding carboxylic acids is 1. The van der Waals surface area contributed by atoms with Crippen LogP contribution in [0.5, 0.6) is 0 Å². The van der Waals surface area contributed by atoms with Crippen LogP contribution in [0, 0.1) is 0 Å². The van der Waals surface area contributed by atoms with Crippen molar-refractivity contribution in [2.24, 2.45) is 0 Å². The van der Waals surface area contributed by atoms with Gasteiger partial charge in [0.25, 0.3) is 0 Å². The fraction of sp³-hybridized carbons (Fsp3) is 0.667.